The maximum Gasteiger partial charge on any atom is 0.130 e. The summed E-state index contributed by atoms with van der Waals surface area (Å²) in [5, 5.41) is 3.42. The Bertz CT molecular complexity index is 468. The number of fused-ring (bicyclic) bond motifs is 2. The Hall–Kier alpha value is -0.960. The summed E-state index contributed by atoms with van der Waals surface area (Å²) >= 11 is 0. The molecule has 2 fully saturated rings. The van der Waals surface area contributed by atoms with Gasteiger partial charge in [-0.25, -0.2) is 8.78 Å². The van der Waals surface area contributed by atoms with Gasteiger partial charge in [0.15, 0.2) is 0 Å². The number of nitrogens with one attached hydrogen (secondary N) is 1. The molecule has 0 amide bonds. The van der Waals surface area contributed by atoms with Crippen LogP contribution in [0.1, 0.15) is 51.1 Å². The maximum atomic E-state index is 13.8. The monoisotopic (exact) mass is 279 g/mol. The van der Waals surface area contributed by atoms with Crippen LogP contribution in [0.2, 0.25) is 0 Å². The Labute approximate surface area is 119 Å². The Balaban J connectivity index is 1.68. The molecule has 2 aliphatic carbocycles. The molecule has 1 N–H and O–H groups in total. The summed E-state index contributed by atoms with van der Waals surface area (Å²) < 4.78 is 27.6. The Morgan fingerprint density at radius 3 is 2.35 bits per heavy atom. The van der Waals surface area contributed by atoms with Crippen molar-refractivity contribution in [2.24, 2.45) is 17.8 Å². The van der Waals surface area contributed by atoms with E-state index in [0.717, 1.165) is 11.8 Å². The highest BCUT2D eigenvalue weighted by Crippen LogP contribution is 2.49. The van der Waals surface area contributed by atoms with Gasteiger partial charge in [-0.2, -0.15) is 0 Å². The normalized spacial score (nSPS) is 31.5. The lowest BCUT2D eigenvalue weighted by Crippen LogP contribution is -2.38. The number of rotatable bonds is 4. The van der Waals surface area contributed by atoms with Gasteiger partial charge in [-0.3, -0.25) is 0 Å². The van der Waals surface area contributed by atoms with E-state index in [1.165, 1.54) is 43.9 Å². The van der Waals surface area contributed by atoms with Crippen LogP contribution in [0.25, 0.3) is 0 Å². The molecule has 1 nitrogen and oxygen atoms in total. The maximum absolute atomic E-state index is 13.8. The van der Waals surface area contributed by atoms with E-state index in [9.17, 15) is 8.78 Å². The van der Waals surface area contributed by atoms with Crippen LogP contribution in [-0.4, -0.2) is 6.04 Å². The SMILES string of the molecule is CC(NC(C)C1CC2CCC1C2)c1c(F)cccc1F. The Morgan fingerprint density at radius 2 is 1.80 bits per heavy atom. The number of benzene rings is 1. The lowest BCUT2D eigenvalue weighted by molar-refractivity contribution is 0.246. The smallest absolute Gasteiger partial charge is 0.130 e. The van der Waals surface area contributed by atoms with Crippen molar-refractivity contribution in [3.05, 3.63) is 35.4 Å². The molecule has 20 heavy (non-hydrogen) atoms. The summed E-state index contributed by atoms with van der Waals surface area (Å²) in [6.45, 7) is 4.02. The van der Waals surface area contributed by atoms with E-state index in [-0.39, 0.29) is 11.6 Å². The van der Waals surface area contributed by atoms with Crippen LogP contribution < -0.4 is 5.32 Å². The van der Waals surface area contributed by atoms with Gasteiger partial charge in [0.05, 0.1) is 0 Å². The van der Waals surface area contributed by atoms with Gasteiger partial charge in [0.25, 0.3) is 0 Å². The van der Waals surface area contributed by atoms with Crippen molar-refractivity contribution in [1.29, 1.82) is 0 Å². The fourth-order valence-electron chi connectivity index (χ4n) is 4.43. The number of hydrogen-bond acceptors (Lipinski definition) is 1. The molecule has 1 aromatic carbocycles. The zero-order valence-electron chi connectivity index (χ0n) is 12.2. The second-order valence-electron chi connectivity index (χ2n) is 6.65. The Morgan fingerprint density at radius 1 is 1.10 bits per heavy atom. The molecule has 5 unspecified atom stereocenters. The van der Waals surface area contributed by atoms with E-state index in [1.807, 2.05) is 6.92 Å². The highest BCUT2D eigenvalue weighted by atomic mass is 19.1. The minimum atomic E-state index is -0.454. The molecular weight excluding hydrogens is 256 g/mol. The van der Waals surface area contributed by atoms with Gasteiger partial charge in [-0.1, -0.05) is 12.5 Å². The molecule has 0 aromatic heterocycles. The first-order valence-electron chi connectivity index (χ1n) is 7.76. The molecule has 0 heterocycles. The predicted octanol–water partition coefficient (Wildman–Crippen LogP) is 4.44. The molecule has 110 valence electrons. The van der Waals surface area contributed by atoms with E-state index in [0.29, 0.717) is 12.0 Å². The lowest BCUT2D eigenvalue weighted by atomic mass is 9.83. The summed E-state index contributed by atoms with van der Waals surface area (Å²) in [6, 6.07) is 4.11. The number of hydrogen-bond donors (Lipinski definition) is 1. The number of halogens is 2. The molecule has 0 radical (unpaired) electrons. The van der Waals surface area contributed by atoms with E-state index in [2.05, 4.69) is 12.2 Å². The van der Waals surface area contributed by atoms with Gasteiger partial charge in [-0.05, 0) is 63.0 Å². The molecule has 0 aliphatic heterocycles. The zero-order chi connectivity index (χ0) is 14.3. The Kier molecular flexibility index (Phi) is 3.80. The van der Waals surface area contributed by atoms with Crippen LogP contribution in [0.3, 0.4) is 0 Å². The van der Waals surface area contributed by atoms with Crippen LogP contribution in [0.5, 0.6) is 0 Å². The van der Waals surface area contributed by atoms with Gasteiger partial charge in [0.2, 0.25) is 0 Å². The first-order chi connectivity index (χ1) is 9.56. The van der Waals surface area contributed by atoms with Gasteiger partial charge in [0.1, 0.15) is 11.6 Å². The van der Waals surface area contributed by atoms with Crippen molar-refractivity contribution in [2.75, 3.05) is 0 Å². The third kappa shape index (κ3) is 2.48. The van der Waals surface area contributed by atoms with Gasteiger partial charge >= 0.3 is 0 Å². The summed E-state index contributed by atoms with van der Waals surface area (Å²) in [5.74, 6) is 1.48. The highest BCUT2D eigenvalue weighted by molar-refractivity contribution is 5.23. The van der Waals surface area contributed by atoms with Crippen molar-refractivity contribution in [2.45, 2.75) is 51.6 Å². The van der Waals surface area contributed by atoms with E-state index in [1.54, 1.807) is 0 Å². The molecule has 3 heteroatoms. The summed E-state index contributed by atoms with van der Waals surface area (Å²) in [7, 11) is 0. The third-order valence-electron chi connectivity index (χ3n) is 5.38. The summed E-state index contributed by atoms with van der Waals surface area (Å²) in [5.41, 5.74) is 0.169. The van der Waals surface area contributed by atoms with E-state index >= 15 is 0 Å². The van der Waals surface area contributed by atoms with E-state index < -0.39 is 11.6 Å². The summed E-state index contributed by atoms with van der Waals surface area (Å²) in [6.07, 6.45) is 5.36. The van der Waals surface area contributed by atoms with Crippen LogP contribution in [-0.2, 0) is 0 Å². The minimum Gasteiger partial charge on any atom is -0.307 e. The molecule has 2 aliphatic rings. The van der Waals surface area contributed by atoms with Gasteiger partial charge in [-0.15, -0.1) is 0 Å². The topological polar surface area (TPSA) is 12.0 Å². The molecule has 0 saturated heterocycles. The van der Waals surface area contributed by atoms with Crippen LogP contribution in [0.4, 0.5) is 8.78 Å². The first kappa shape index (κ1) is 14.0. The van der Waals surface area contributed by atoms with Crippen molar-refractivity contribution >= 4 is 0 Å². The largest absolute Gasteiger partial charge is 0.307 e. The standard InChI is InChI=1S/C17H23F2N/c1-10(14-9-12-6-7-13(14)8-12)20-11(2)17-15(18)4-3-5-16(17)19/h3-5,10-14,20H,6-9H2,1-2H3. The molecule has 0 spiro atoms. The van der Waals surface area contributed by atoms with Crippen molar-refractivity contribution in [1.82, 2.24) is 5.32 Å². The van der Waals surface area contributed by atoms with Crippen molar-refractivity contribution < 1.29 is 8.78 Å². The third-order valence-corrected chi connectivity index (χ3v) is 5.38. The fraction of sp³-hybridized carbons (Fsp3) is 0.647. The van der Waals surface area contributed by atoms with Gasteiger partial charge < -0.3 is 5.32 Å². The first-order valence-corrected chi connectivity index (χ1v) is 7.76. The molecule has 5 atom stereocenters. The quantitative estimate of drug-likeness (QED) is 0.859. The average molecular weight is 279 g/mol. The molecular formula is C17H23F2N. The van der Waals surface area contributed by atoms with Crippen molar-refractivity contribution in [3.63, 3.8) is 0 Å². The second kappa shape index (κ2) is 5.44. The fourth-order valence-corrected chi connectivity index (χ4v) is 4.43. The van der Waals surface area contributed by atoms with Crippen LogP contribution in [0, 0.1) is 29.4 Å². The minimum absolute atomic E-state index is 0.169. The van der Waals surface area contributed by atoms with Crippen molar-refractivity contribution in [3.8, 4) is 0 Å². The molecule has 1 aromatic rings. The van der Waals surface area contributed by atoms with Gasteiger partial charge in [0, 0.05) is 17.6 Å². The molecule has 2 bridgehead atoms. The lowest BCUT2D eigenvalue weighted by Gasteiger charge is -2.31. The van der Waals surface area contributed by atoms with E-state index in [4.69, 9.17) is 0 Å². The van der Waals surface area contributed by atoms with Crippen LogP contribution in [0.15, 0.2) is 18.2 Å². The highest BCUT2D eigenvalue weighted by Gasteiger charge is 2.42. The zero-order valence-corrected chi connectivity index (χ0v) is 12.2. The molecule has 3 rings (SSSR count). The second-order valence-corrected chi connectivity index (χ2v) is 6.65. The molecule has 2 saturated carbocycles. The average Bonchev–Trinajstić information content (AvgIpc) is 3.00. The predicted molar refractivity (Wildman–Crippen MR) is 76.3 cm³/mol. The summed E-state index contributed by atoms with van der Waals surface area (Å²) in [4.78, 5) is 0. The van der Waals surface area contributed by atoms with Crippen LogP contribution >= 0.6 is 0 Å².